The van der Waals surface area contributed by atoms with Crippen LogP contribution in [0.15, 0.2) is 0 Å². The maximum Gasteiger partial charge on any atom is 0.212 e. The smallest absolute Gasteiger partial charge is 0.212 e. The molecular weight excluding hydrogens is 212 g/mol. The zero-order valence-corrected chi connectivity index (χ0v) is 9.46. The fraction of sp³-hybridized carbons (Fsp3) is 0.900. The Labute approximate surface area is 90.7 Å². The van der Waals surface area contributed by atoms with E-state index in [1.807, 2.05) is 6.07 Å². The minimum atomic E-state index is -3.23. The van der Waals surface area contributed by atoms with Crippen LogP contribution in [-0.4, -0.2) is 20.2 Å². The van der Waals surface area contributed by atoms with E-state index in [4.69, 9.17) is 5.26 Å². The molecule has 2 aliphatic rings. The van der Waals surface area contributed by atoms with Gasteiger partial charge in [-0.3, -0.25) is 0 Å². The predicted molar refractivity (Wildman–Crippen MR) is 56.4 cm³/mol. The van der Waals surface area contributed by atoms with Crippen LogP contribution in [0.4, 0.5) is 0 Å². The van der Waals surface area contributed by atoms with Gasteiger partial charge < -0.3 is 0 Å². The molecule has 1 atom stereocenters. The van der Waals surface area contributed by atoms with Crippen molar-refractivity contribution in [2.75, 3.05) is 5.75 Å². The summed E-state index contributed by atoms with van der Waals surface area (Å²) in [4.78, 5) is 0. The lowest BCUT2D eigenvalue weighted by atomic mass is 10.2. The fourth-order valence-electron chi connectivity index (χ4n) is 1.64. The first-order valence-electron chi connectivity index (χ1n) is 5.50. The van der Waals surface area contributed by atoms with E-state index < -0.39 is 16.1 Å². The van der Waals surface area contributed by atoms with Gasteiger partial charge in [0.1, 0.15) is 6.04 Å². The van der Waals surface area contributed by atoms with Crippen LogP contribution in [0.1, 0.15) is 32.1 Å². The average molecular weight is 228 g/mol. The van der Waals surface area contributed by atoms with E-state index in [2.05, 4.69) is 4.72 Å². The van der Waals surface area contributed by atoms with Gasteiger partial charge in [0.25, 0.3) is 0 Å². The molecule has 0 aromatic carbocycles. The lowest BCUT2D eigenvalue weighted by Gasteiger charge is -2.10. The summed E-state index contributed by atoms with van der Waals surface area (Å²) in [5.74, 6) is 1.05. The minimum Gasteiger partial charge on any atom is -0.212 e. The molecule has 1 unspecified atom stereocenters. The van der Waals surface area contributed by atoms with E-state index in [0.717, 1.165) is 19.3 Å². The van der Waals surface area contributed by atoms with Crippen LogP contribution in [0.2, 0.25) is 0 Å². The number of nitrogens with one attached hydrogen (secondary N) is 1. The Bertz CT molecular complexity index is 363. The Hall–Kier alpha value is -0.600. The molecule has 0 heterocycles. The van der Waals surface area contributed by atoms with Crippen molar-refractivity contribution >= 4 is 10.0 Å². The lowest BCUT2D eigenvalue weighted by Crippen LogP contribution is -2.36. The summed E-state index contributed by atoms with van der Waals surface area (Å²) in [6, 6.07) is 1.54. The summed E-state index contributed by atoms with van der Waals surface area (Å²) in [6.07, 6.45) is 5.03. The number of sulfonamides is 1. The normalized spacial score (nSPS) is 23.4. The van der Waals surface area contributed by atoms with Crippen LogP contribution in [0.5, 0.6) is 0 Å². The molecule has 2 aliphatic carbocycles. The second-order valence-electron chi connectivity index (χ2n) is 4.61. The van der Waals surface area contributed by atoms with Crippen LogP contribution in [0.25, 0.3) is 0 Å². The molecule has 0 radical (unpaired) electrons. The van der Waals surface area contributed by atoms with Gasteiger partial charge >= 0.3 is 0 Å². The van der Waals surface area contributed by atoms with Crippen LogP contribution in [0, 0.1) is 23.2 Å². The van der Waals surface area contributed by atoms with Gasteiger partial charge in [-0.05, 0) is 31.1 Å². The molecule has 15 heavy (non-hydrogen) atoms. The van der Waals surface area contributed by atoms with Crippen molar-refractivity contribution in [3.05, 3.63) is 0 Å². The van der Waals surface area contributed by atoms with Crippen molar-refractivity contribution in [3.63, 3.8) is 0 Å². The van der Waals surface area contributed by atoms with E-state index in [1.165, 1.54) is 12.8 Å². The number of nitrogens with zero attached hydrogens (tertiary/aromatic N) is 1. The van der Waals surface area contributed by atoms with Gasteiger partial charge in [0, 0.05) is 0 Å². The van der Waals surface area contributed by atoms with E-state index in [0.29, 0.717) is 5.92 Å². The second-order valence-corrected chi connectivity index (χ2v) is 6.49. The molecule has 5 heteroatoms. The Kier molecular flexibility index (Phi) is 2.98. The van der Waals surface area contributed by atoms with Crippen molar-refractivity contribution in [1.82, 2.24) is 4.72 Å². The summed E-state index contributed by atoms with van der Waals surface area (Å²) < 4.78 is 25.7. The highest BCUT2D eigenvalue weighted by Crippen LogP contribution is 2.34. The average Bonchev–Trinajstić information content (AvgIpc) is 3.03. The molecule has 4 nitrogen and oxygen atoms in total. The molecule has 2 saturated carbocycles. The van der Waals surface area contributed by atoms with E-state index in [9.17, 15) is 8.42 Å². The molecule has 2 fully saturated rings. The van der Waals surface area contributed by atoms with Crippen molar-refractivity contribution < 1.29 is 8.42 Å². The first kappa shape index (κ1) is 10.9. The standard InChI is InChI=1S/C10H16N2O2S/c11-7-10(9-3-4-9)12-15(13,14)6-5-8-1-2-8/h8-10,12H,1-6H2. The van der Waals surface area contributed by atoms with Crippen LogP contribution in [0.3, 0.4) is 0 Å². The highest BCUT2D eigenvalue weighted by molar-refractivity contribution is 7.89. The maximum absolute atomic E-state index is 11.6. The number of hydrogen-bond donors (Lipinski definition) is 1. The van der Waals surface area contributed by atoms with Crippen LogP contribution < -0.4 is 4.72 Å². The first-order valence-corrected chi connectivity index (χ1v) is 7.15. The fourth-order valence-corrected chi connectivity index (χ4v) is 3.03. The summed E-state index contributed by atoms with van der Waals surface area (Å²) in [5.41, 5.74) is 0. The predicted octanol–water partition coefficient (Wildman–Crippen LogP) is 1.01. The molecular formula is C10H16N2O2S. The van der Waals surface area contributed by atoms with E-state index in [1.54, 1.807) is 0 Å². The summed E-state index contributed by atoms with van der Waals surface area (Å²) >= 11 is 0. The molecule has 0 aromatic heterocycles. The Morgan fingerprint density at radius 3 is 2.47 bits per heavy atom. The first-order chi connectivity index (χ1) is 7.11. The second kappa shape index (κ2) is 4.11. The summed E-state index contributed by atoms with van der Waals surface area (Å²) in [6.45, 7) is 0. The number of rotatable bonds is 6. The highest BCUT2D eigenvalue weighted by atomic mass is 32.2. The molecule has 0 aliphatic heterocycles. The third kappa shape index (κ3) is 3.47. The summed E-state index contributed by atoms with van der Waals surface area (Å²) in [7, 11) is -3.23. The third-order valence-electron chi connectivity index (χ3n) is 3.03. The molecule has 0 amide bonds. The topological polar surface area (TPSA) is 70.0 Å². The molecule has 1 N–H and O–H groups in total. The highest BCUT2D eigenvalue weighted by Gasteiger charge is 2.34. The maximum atomic E-state index is 11.6. The quantitative estimate of drug-likeness (QED) is 0.737. The largest absolute Gasteiger partial charge is 0.212 e. The van der Waals surface area contributed by atoms with Gasteiger partial charge in [-0.15, -0.1) is 0 Å². The number of nitriles is 1. The van der Waals surface area contributed by atoms with Crippen molar-refractivity contribution in [1.29, 1.82) is 5.26 Å². The minimum absolute atomic E-state index is 0.183. The van der Waals surface area contributed by atoms with E-state index >= 15 is 0 Å². The third-order valence-corrected chi connectivity index (χ3v) is 4.42. The summed E-state index contributed by atoms with van der Waals surface area (Å²) in [5, 5.41) is 8.81. The van der Waals surface area contributed by atoms with Gasteiger partial charge in [0.2, 0.25) is 10.0 Å². The molecule has 2 rings (SSSR count). The van der Waals surface area contributed by atoms with Gasteiger partial charge in [-0.25, -0.2) is 8.42 Å². The zero-order chi connectivity index (χ0) is 10.9. The Morgan fingerprint density at radius 2 is 2.00 bits per heavy atom. The van der Waals surface area contributed by atoms with Crippen LogP contribution >= 0.6 is 0 Å². The zero-order valence-electron chi connectivity index (χ0n) is 8.65. The molecule has 0 spiro atoms. The molecule has 0 bridgehead atoms. The molecule has 0 aromatic rings. The van der Waals surface area contributed by atoms with Crippen molar-refractivity contribution in [2.24, 2.45) is 11.8 Å². The van der Waals surface area contributed by atoms with Crippen molar-refractivity contribution in [3.8, 4) is 6.07 Å². The van der Waals surface area contributed by atoms with Gasteiger partial charge in [0.05, 0.1) is 11.8 Å². The van der Waals surface area contributed by atoms with E-state index in [-0.39, 0.29) is 11.7 Å². The lowest BCUT2D eigenvalue weighted by molar-refractivity contribution is 0.555. The van der Waals surface area contributed by atoms with Gasteiger partial charge in [-0.1, -0.05) is 12.8 Å². The molecule has 0 saturated heterocycles. The Morgan fingerprint density at radius 1 is 1.33 bits per heavy atom. The monoisotopic (exact) mass is 228 g/mol. The Balaban J connectivity index is 1.81. The van der Waals surface area contributed by atoms with Crippen molar-refractivity contribution in [2.45, 2.75) is 38.1 Å². The SMILES string of the molecule is N#CC(NS(=O)(=O)CCC1CC1)C1CC1. The van der Waals surface area contributed by atoms with Gasteiger partial charge in [0.15, 0.2) is 0 Å². The van der Waals surface area contributed by atoms with Crippen LogP contribution in [-0.2, 0) is 10.0 Å². The van der Waals surface area contributed by atoms with Gasteiger partial charge in [-0.2, -0.15) is 9.98 Å². The number of hydrogen-bond acceptors (Lipinski definition) is 3. The molecule has 84 valence electrons.